The zero-order valence-corrected chi connectivity index (χ0v) is 17.5. The Hall–Kier alpha value is -4.11. The van der Waals surface area contributed by atoms with Gasteiger partial charge in [0.25, 0.3) is 5.69 Å². The third-order valence-electron chi connectivity index (χ3n) is 4.43. The van der Waals surface area contributed by atoms with E-state index < -0.39 is 4.92 Å². The molecule has 4 aromatic rings. The number of rotatable bonds is 7. The van der Waals surface area contributed by atoms with Crippen molar-refractivity contribution in [1.29, 1.82) is 0 Å². The van der Waals surface area contributed by atoms with Crippen molar-refractivity contribution in [2.75, 3.05) is 11.1 Å². The first-order valence-electron chi connectivity index (χ1n) is 9.63. The first-order valence-corrected chi connectivity index (χ1v) is 10.6. The smallest absolute Gasteiger partial charge is 0.271 e. The van der Waals surface area contributed by atoms with Crippen molar-refractivity contribution in [2.45, 2.75) is 5.16 Å². The zero-order valence-electron chi connectivity index (χ0n) is 16.7. The van der Waals surface area contributed by atoms with Gasteiger partial charge in [-0.3, -0.25) is 14.9 Å². The molecule has 1 N–H and O–H groups in total. The molecule has 4 rings (SSSR count). The van der Waals surface area contributed by atoms with E-state index in [1.165, 1.54) is 18.2 Å². The summed E-state index contributed by atoms with van der Waals surface area (Å²) in [7, 11) is 0. The highest BCUT2D eigenvalue weighted by atomic mass is 32.2. The largest absolute Gasteiger partial charge is 0.325 e. The van der Waals surface area contributed by atoms with E-state index in [2.05, 4.69) is 20.5 Å². The molecule has 0 bridgehead atoms. The minimum absolute atomic E-state index is 0.0310. The van der Waals surface area contributed by atoms with Gasteiger partial charge in [-0.05, 0) is 6.07 Å². The van der Waals surface area contributed by atoms with Crippen LogP contribution in [0, 0.1) is 10.1 Å². The molecule has 1 amide bonds. The maximum Gasteiger partial charge on any atom is 0.271 e. The van der Waals surface area contributed by atoms with Crippen molar-refractivity contribution < 1.29 is 9.72 Å². The summed E-state index contributed by atoms with van der Waals surface area (Å²) in [5, 5.41) is 22.5. The number of carbonyl (C=O) groups excluding carboxylic acids is 1. The molecule has 0 atom stereocenters. The number of hydrogen-bond acceptors (Lipinski definition) is 7. The molecular weight excluding hydrogens is 426 g/mol. The summed E-state index contributed by atoms with van der Waals surface area (Å²) in [5.74, 6) is -0.295. The number of amides is 1. The third kappa shape index (κ3) is 5.13. The number of thioether (sulfide) groups is 1. The standard InChI is InChI=1S/C23H17N5O3S/c29-20(24-18-12-7-13-19(14-18)28(30)31)15-32-23-25-21(16-8-3-1-4-9-16)22(26-27-23)17-10-5-2-6-11-17/h1-14H,15H2,(H,24,29). The minimum atomic E-state index is -0.511. The lowest BCUT2D eigenvalue weighted by molar-refractivity contribution is -0.384. The van der Waals surface area contributed by atoms with Crippen LogP contribution in [0.15, 0.2) is 90.1 Å². The lowest BCUT2D eigenvalue weighted by Gasteiger charge is -2.09. The highest BCUT2D eigenvalue weighted by Gasteiger charge is 2.15. The van der Waals surface area contributed by atoms with E-state index in [0.29, 0.717) is 22.2 Å². The topological polar surface area (TPSA) is 111 Å². The summed E-state index contributed by atoms with van der Waals surface area (Å²) in [4.78, 5) is 27.4. The van der Waals surface area contributed by atoms with Gasteiger partial charge in [0.2, 0.25) is 11.1 Å². The third-order valence-corrected chi connectivity index (χ3v) is 5.27. The molecule has 1 aromatic heterocycles. The summed E-state index contributed by atoms with van der Waals surface area (Å²) in [6.45, 7) is 0. The highest BCUT2D eigenvalue weighted by molar-refractivity contribution is 7.99. The van der Waals surface area contributed by atoms with Gasteiger partial charge in [-0.15, -0.1) is 10.2 Å². The number of non-ortho nitro benzene ring substituents is 1. The molecule has 0 radical (unpaired) electrons. The van der Waals surface area contributed by atoms with Gasteiger partial charge >= 0.3 is 0 Å². The summed E-state index contributed by atoms with van der Waals surface area (Å²) in [6.07, 6.45) is 0. The second kappa shape index (κ2) is 9.80. The normalized spacial score (nSPS) is 10.5. The molecule has 1 heterocycles. The number of nitro benzene ring substituents is 1. The van der Waals surface area contributed by atoms with Crippen molar-refractivity contribution in [3.8, 4) is 22.5 Å². The van der Waals surface area contributed by atoms with Crippen molar-refractivity contribution in [3.63, 3.8) is 0 Å². The molecule has 0 aliphatic carbocycles. The Balaban J connectivity index is 1.52. The number of carbonyl (C=O) groups is 1. The number of benzene rings is 3. The lowest BCUT2D eigenvalue weighted by atomic mass is 10.0. The van der Waals surface area contributed by atoms with E-state index >= 15 is 0 Å². The van der Waals surface area contributed by atoms with Crippen LogP contribution in [0.25, 0.3) is 22.5 Å². The molecule has 0 fully saturated rings. The Morgan fingerprint density at radius 2 is 1.53 bits per heavy atom. The summed E-state index contributed by atoms with van der Waals surface area (Å²) in [5.41, 5.74) is 3.38. The molecule has 0 aliphatic heterocycles. The summed E-state index contributed by atoms with van der Waals surface area (Å²) in [6, 6.07) is 25.1. The lowest BCUT2D eigenvalue weighted by Crippen LogP contribution is -2.14. The van der Waals surface area contributed by atoms with Gasteiger partial charge in [-0.25, -0.2) is 4.98 Å². The number of nitro groups is 1. The van der Waals surface area contributed by atoms with Crippen molar-refractivity contribution in [2.24, 2.45) is 0 Å². The second-order valence-corrected chi connectivity index (χ2v) is 7.61. The van der Waals surface area contributed by atoms with E-state index in [1.807, 2.05) is 60.7 Å². The molecule has 3 aromatic carbocycles. The Bertz CT molecular complexity index is 1250. The predicted molar refractivity (Wildman–Crippen MR) is 123 cm³/mol. The summed E-state index contributed by atoms with van der Waals surface area (Å²) >= 11 is 1.14. The van der Waals surface area contributed by atoms with Gasteiger partial charge in [0.1, 0.15) is 11.4 Å². The fourth-order valence-corrected chi connectivity index (χ4v) is 3.57. The van der Waals surface area contributed by atoms with E-state index in [-0.39, 0.29) is 17.3 Å². The number of aromatic nitrogens is 3. The molecule has 0 saturated carbocycles. The Labute approximate surface area is 187 Å². The van der Waals surface area contributed by atoms with Gasteiger partial charge in [0.05, 0.1) is 10.7 Å². The Morgan fingerprint density at radius 1 is 0.875 bits per heavy atom. The van der Waals surface area contributed by atoms with Gasteiger partial charge < -0.3 is 5.32 Å². The van der Waals surface area contributed by atoms with Gasteiger partial charge in [-0.1, -0.05) is 78.5 Å². The van der Waals surface area contributed by atoms with Crippen molar-refractivity contribution >= 4 is 29.0 Å². The van der Waals surface area contributed by atoms with Gasteiger partial charge in [0, 0.05) is 28.9 Å². The van der Waals surface area contributed by atoms with Gasteiger partial charge in [-0.2, -0.15) is 0 Å². The van der Waals surface area contributed by atoms with E-state index in [4.69, 9.17) is 0 Å². The number of nitrogens with zero attached hydrogens (tertiary/aromatic N) is 4. The molecule has 0 saturated heterocycles. The summed E-state index contributed by atoms with van der Waals surface area (Å²) < 4.78 is 0. The monoisotopic (exact) mass is 443 g/mol. The van der Waals surface area contributed by atoms with E-state index in [9.17, 15) is 14.9 Å². The number of anilines is 1. The molecular formula is C23H17N5O3S. The van der Waals surface area contributed by atoms with Crippen LogP contribution >= 0.6 is 11.8 Å². The van der Waals surface area contributed by atoms with E-state index in [0.717, 1.165) is 22.9 Å². The molecule has 8 nitrogen and oxygen atoms in total. The van der Waals surface area contributed by atoms with Crippen LogP contribution < -0.4 is 5.32 Å². The maximum absolute atomic E-state index is 12.3. The zero-order chi connectivity index (χ0) is 22.3. The van der Waals surface area contributed by atoms with Crippen LogP contribution in [0.2, 0.25) is 0 Å². The van der Waals surface area contributed by atoms with Crippen LogP contribution in [0.3, 0.4) is 0 Å². The van der Waals surface area contributed by atoms with Crippen LogP contribution in [0.5, 0.6) is 0 Å². The van der Waals surface area contributed by atoms with Crippen LogP contribution in [-0.2, 0) is 4.79 Å². The Morgan fingerprint density at radius 3 is 2.19 bits per heavy atom. The highest BCUT2D eigenvalue weighted by Crippen LogP contribution is 2.29. The first-order chi connectivity index (χ1) is 15.6. The van der Waals surface area contributed by atoms with Crippen molar-refractivity contribution in [1.82, 2.24) is 15.2 Å². The van der Waals surface area contributed by atoms with Crippen LogP contribution in [0.1, 0.15) is 0 Å². The maximum atomic E-state index is 12.3. The number of hydrogen-bond donors (Lipinski definition) is 1. The quantitative estimate of drug-likeness (QED) is 0.247. The molecule has 158 valence electrons. The van der Waals surface area contributed by atoms with Crippen LogP contribution in [0.4, 0.5) is 11.4 Å². The fraction of sp³-hybridized carbons (Fsp3) is 0.0435. The Kier molecular flexibility index (Phi) is 6.47. The van der Waals surface area contributed by atoms with Gasteiger partial charge in [0.15, 0.2) is 0 Å². The fourth-order valence-electron chi connectivity index (χ4n) is 2.98. The molecule has 9 heteroatoms. The average molecular weight is 443 g/mol. The molecule has 0 aliphatic rings. The second-order valence-electron chi connectivity index (χ2n) is 6.67. The minimum Gasteiger partial charge on any atom is -0.325 e. The number of nitrogens with one attached hydrogen (secondary N) is 1. The predicted octanol–water partition coefficient (Wildman–Crippen LogP) is 4.84. The van der Waals surface area contributed by atoms with Crippen LogP contribution in [-0.4, -0.2) is 31.8 Å². The van der Waals surface area contributed by atoms with Crippen molar-refractivity contribution in [3.05, 3.63) is 95.0 Å². The SMILES string of the molecule is O=C(CSc1nnc(-c2ccccc2)c(-c2ccccc2)n1)Nc1cccc([N+](=O)[O-])c1. The molecule has 32 heavy (non-hydrogen) atoms. The van der Waals surface area contributed by atoms with E-state index in [1.54, 1.807) is 6.07 Å². The average Bonchev–Trinajstić information content (AvgIpc) is 2.84. The molecule has 0 unspecified atom stereocenters. The first kappa shape index (κ1) is 21.1. The molecule has 0 spiro atoms.